The third-order valence-corrected chi connectivity index (χ3v) is 8.97. The van der Waals surface area contributed by atoms with E-state index in [0.29, 0.717) is 32.1 Å². The van der Waals surface area contributed by atoms with Crippen molar-refractivity contribution in [1.29, 1.82) is 0 Å². The Labute approximate surface area is 241 Å². The summed E-state index contributed by atoms with van der Waals surface area (Å²) in [6.45, 7) is 3.01. The fourth-order valence-corrected chi connectivity index (χ4v) is 6.65. The van der Waals surface area contributed by atoms with Crippen LogP contribution in [-0.2, 0) is 40.8 Å². The van der Waals surface area contributed by atoms with E-state index >= 15 is 0 Å². The highest BCUT2D eigenvalue weighted by Crippen LogP contribution is 2.45. The average molecular weight is 572 g/mol. The molecular weight excluding hydrogens is 538 g/mol. The van der Waals surface area contributed by atoms with Crippen LogP contribution in [0.3, 0.4) is 0 Å². The van der Waals surface area contributed by atoms with E-state index in [1.165, 1.54) is 30.4 Å². The van der Waals surface area contributed by atoms with Crippen molar-refractivity contribution < 1.29 is 26.8 Å². The van der Waals surface area contributed by atoms with Gasteiger partial charge in [0.05, 0.1) is 20.3 Å². The summed E-state index contributed by atoms with van der Waals surface area (Å²) < 4.78 is 49.2. The van der Waals surface area contributed by atoms with Gasteiger partial charge in [0.1, 0.15) is 17.3 Å². The lowest BCUT2D eigenvalue weighted by molar-refractivity contribution is 0.0888. The fraction of sp³-hybridized carbons (Fsp3) is 0.273. The molecule has 0 saturated heterocycles. The molecule has 0 radical (unpaired) electrons. The van der Waals surface area contributed by atoms with Gasteiger partial charge in [-0.15, -0.1) is 0 Å². The maximum atomic E-state index is 13.1. The van der Waals surface area contributed by atoms with Crippen LogP contribution < -0.4 is 13.7 Å². The van der Waals surface area contributed by atoms with Crippen LogP contribution >= 0.6 is 0 Å². The third-order valence-electron chi connectivity index (χ3n) is 7.73. The zero-order chi connectivity index (χ0) is 28.2. The van der Waals surface area contributed by atoms with Crippen LogP contribution in [0.2, 0.25) is 0 Å². The smallest absolute Gasteiger partial charge is 0.339 e. The van der Waals surface area contributed by atoms with Crippen molar-refractivity contribution in [1.82, 2.24) is 4.90 Å². The van der Waals surface area contributed by atoms with E-state index < -0.39 is 10.1 Å². The molecule has 1 unspecified atom stereocenters. The molecule has 6 rings (SSSR count). The van der Waals surface area contributed by atoms with Gasteiger partial charge in [0.25, 0.3) is 0 Å². The van der Waals surface area contributed by atoms with Crippen LogP contribution in [-0.4, -0.2) is 40.2 Å². The van der Waals surface area contributed by atoms with E-state index in [-0.39, 0.29) is 16.7 Å². The molecule has 0 spiro atoms. The minimum atomic E-state index is -4.01. The predicted octanol–water partition coefficient (Wildman–Crippen LogP) is 5.71. The van der Waals surface area contributed by atoms with Gasteiger partial charge in [-0.1, -0.05) is 60.7 Å². The molecule has 0 fully saturated rings. The summed E-state index contributed by atoms with van der Waals surface area (Å²) in [5.74, 6) is 1.54. The topological polar surface area (TPSA) is 74.3 Å². The Morgan fingerprint density at radius 2 is 1.66 bits per heavy atom. The molecule has 2 aliphatic rings. The number of methoxy groups -OCH3 is 1. The van der Waals surface area contributed by atoms with Crippen molar-refractivity contribution in [3.05, 3.63) is 119 Å². The van der Waals surface area contributed by atoms with Gasteiger partial charge >= 0.3 is 10.1 Å². The Morgan fingerprint density at radius 1 is 0.878 bits per heavy atom. The van der Waals surface area contributed by atoms with Crippen molar-refractivity contribution in [3.8, 4) is 17.2 Å². The number of nitrogens with zero attached hydrogens (tertiary/aromatic N) is 1. The van der Waals surface area contributed by atoms with Gasteiger partial charge in [-0.25, -0.2) is 0 Å². The standard InChI is InChI=1S/C33H33NO6S/c1-37-32-15-12-25-21-31-29-14-13-27(39-19-18-38-23-24-8-4-2-5-9-24)20-26(29)16-17-34(31)22-30(25)33(32)40-41(35,36)28-10-6-3-7-11-28/h2-15,20,31H,16-19,21-23H2,1H3. The molecule has 41 heavy (non-hydrogen) atoms. The quantitative estimate of drug-likeness (QED) is 0.178. The molecule has 4 aromatic rings. The first-order valence-corrected chi connectivity index (χ1v) is 15.2. The number of hydrogen-bond donors (Lipinski definition) is 0. The Morgan fingerprint density at radius 3 is 2.44 bits per heavy atom. The van der Waals surface area contributed by atoms with Gasteiger partial charge in [0, 0.05) is 24.7 Å². The Bertz CT molecular complexity index is 1610. The molecule has 7 nitrogen and oxygen atoms in total. The molecular formula is C33H33NO6S. The number of hydrogen-bond acceptors (Lipinski definition) is 7. The van der Waals surface area contributed by atoms with E-state index in [1.54, 1.807) is 24.3 Å². The molecule has 1 atom stereocenters. The molecule has 2 aliphatic heterocycles. The van der Waals surface area contributed by atoms with Gasteiger partial charge in [-0.2, -0.15) is 8.42 Å². The molecule has 8 heteroatoms. The maximum absolute atomic E-state index is 13.1. The first-order valence-electron chi connectivity index (χ1n) is 13.8. The minimum Gasteiger partial charge on any atom is -0.493 e. The summed E-state index contributed by atoms with van der Waals surface area (Å²) in [7, 11) is -2.48. The highest BCUT2D eigenvalue weighted by molar-refractivity contribution is 7.87. The molecule has 0 aromatic heterocycles. The molecule has 0 amide bonds. The largest absolute Gasteiger partial charge is 0.493 e. The van der Waals surface area contributed by atoms with Gasteiger partial charge in [0.2, 0.25) is 0 Å². The number of ether oxygens (including phenoxy) is 3. The van der Waals surface area contributed by atoms with Crippen LogP contribution in [0, 0.1) is 0 Å². The van der Waals surface area contributed by atoms with E-state index in [0.717, 1.165) is 41.8 Å². The Hall–Kier alpha value is -3.85. The summed E-state index contributed by atoms with van der Waals surface area (Å²) in [4.78, 5) is 2.50. The van der Waals surface area contributed by atoms with Crippen molar-refractivity contribution in [2.45, 2.75) is 36.9 Å². The SMILES string of the molecule is COc1ccc2c(c1OS(=O)(=O)c1ccccc1)CN1CCc3cc(OCCOCc4ccccc4)ccc3C1C2. The van der Waals surface area contributed by atoms with Crippen LogP contribution in [0.1, 0.15) is 33.9 Å². The molecule has 0 aliphatic carbocycles. The second-order valence-electron chi connectivity index (χ2n) is 10.3. The van der Waals surface area contributed by atoms with Gasteiger partial charge < -0.3 is 18.4 Å². The highest BCUT2D eigenvalue weighted by atomic mass is 32.2. The van der Waals surface area contributed by atoms with Crippen molar-refractivity contribution in [2.24, 2.45) is 0 Å². The normalized spacial score (nSPS) is 16.3. The summed E-state index contributed by atoms with van der Waals surface area (Å²) in [5.41, 5.74) is 5.64. The van der Waals surface area contributed by atoms with Crippen LogP contribution in [0.25, 0.3) is 0 Å². The van der Waals surface area contributed by atoms with Crippen LogP contribution in [0.5, 0.6) is 17.2 Å². The second-order valence-corrected chi connectivity index (χ2v) is 11.8. The van der Waals surface area contributed by atoms with Gasteiger partial charge in [0.15, 0.2) is 11.5 Å². The molecule has 0 bridgehead atoms. The Kier molecular flexibility index (Phi) is 7.96. The third kappa shape index (κ3) is 5.95. The van der Waals surface area contributed by atoms with Gasteiger partial charge in [-0.05, 0) is 65.4 Å². The lowest BCUT2D eigenvalue weighted by Gasteiger charge is -2.42. The van der Waals surface area contributed by atoms with E-state index in [2.05, 4.69) is 17.0 Å². The molecule has 212 valence electrons. The summed E-state index contributed by atoms with van der Waals surface area (Å²) in [6.07, 6.45) is 1.63. The maximum Gasteiger partial charge on any atom is 0.339 e. The molecule has 2 heterocycles. The van der Waals surface area contributed by atoms with Crippen molar-refractivity contribution >= 4 is 10.1 Å². The number of rotatable bonds is 10. The van der Waals surface area contributed by atoms with E-state index in [1.807, 2.05) is 42.5 Å². The van der Waals surface area contributed by atoms with Crippen molar-refractivity contribution in [3.63, 3.8) is 0 Å². The van der Waals surface area contributed by atoms with Crippen LogP contribution in [0.15, 0.2) is 95.9 Å². The van der Waals surface area contributed by atoms with Gasteiger partial charge in [-0.3, -0.25) is 4.90 Å². The molecule has 4 aromatic carbocycles. The second kappa shape index (κ2) is 11.9. The number of fused-ring (bicyclic) bond motifs is 4. The average Bonchev–Trinajstić information content (AvgIpc) is 3.01. The fourth-order valence-electron chi connectivity index (χ4n) is 5.66. The summed E-state index contributed by atoms with van der Waals surface area (Å²) in [6, 6.07) is 28.7. The van der Waals surface area contributed by atoms with Crippen LogP contribution in [0.4, 0.5) is 0 Å². The lowest BCUT2D eigenvalue weighted by Crippen LogP contribution is -2.39. The van der Waals surface area contributed by atoms with Crippen molar-refractivity contribution in [2.75, 3.05) is 26.9 Å². The lowest BCUT2D eigenvalue weighted by atomic mass is 9.83. The zero-order valence-electron chi connectivity index (χ0n) is 23.0. The highest BCUT2D eigenvalue weighted by Gasteiger charge is 2.35. The summed E-state index contributed by atoms with van der Waals surface area (Å²) in [5, 5.41) is 0. The van der Waals surface area contributed by atoms with E-state index in [4.69, 9.17) is 18.4 Å². The molecule has 0 saturated carbocycles. The number of benzene rings is 4. The summed E-state index contributed by atoms with van der Waals surface area (Å²) >= 11 is 0. The first-order chi connectivity index (χ1) is 20.0. The predicted molar refractivity (Wildman–Crippen MR) is 156 cm³/mol. The monoisotopic (exact) mass is 571 g/mol. The Balaban J connectivity index is 1.16. The first kappa shape index (κ1) is 27.3. The zero-order valence-corrected chi connectivity index (χ0v) is 23.8. The molecule has 0 N–H and O–H groups in total. The van der Waals surface area contributed by atoms with E-state index in [9.17, 15) is 8.42 Å². The minimum absolute atomic E-state index is 0.112.